The summed E-state index contributed by atoms with van der Waals surface area (Å²) in [5.41, 5.74) is 1.26. The molecule has 1 aromatic rings. The Hall–Kier alpha value is -2.37. The molecule has 1 N–H and O–H groups in total. The molecule has 0 heterocycles. The molecule has 0 radical (unpaired) electrons. The number of hydrogen-bond acceptors (Lipinski definition) is 4. The van der Waals surface area contributed by atoms with Crippen molar-refractivity contribution in [2.45, 2.75) is 19.8 Å². The lowest BCUT2D eigenvalue weighted by Crippen LogP contribution is -2.28. The molecule has 20 heavy (non-hydrogen) atoms. The SMILES string of the molecule is CCN(CCC#N)CCC(=O)Nc1ccc(C#N)cc1. The van der Waals surface area contributed by atoms with E-state index in [2.05, 4.69) is 16.3 Å². The number of anilines is 1. The zero-order valence-corrected chi connectivity index (χ0v) is 11.6. The molecular formula is C15H18N4O. The molecule has 0 spiro atoms. The van der Waals surface area contributed by atoms with Gasteiger partial charge < -0.3 is 10.2 Å². The zero-order chi connectivity index (χ0) is 14.8. The van der Waals surface area contributed by atoms with E-state index in [1.807, 2.05) is 13.0 Å². The van der Waals surface area contributed by atoms with Crippen molar-refractivity contribution in [2.24, 2.45) is 0 Å². The standard InChI is InChI=1S/C15H18N4O/c1-2-19(10-3-9-16)11-8-15(20)18-14-6-4-13(12-17)5-7-14/h4-7H,2-3,8,10-11H2,1H3,(H,18,20). The highest BCUT2D eigenvalue weighted by Crippen LogP contribution is 2.09. The van der Waals surface area contributed by atoms with Crippen molar-refractivity contribution in [1.29, 1.82) is 10.5 Å². The number of carbonyl (C=O) groups is 1. The lowest BCUT2D eigenvalue weighted by atomic mass is 10.2. The largest absolute Gasteiger partial charge is 0.326 e. The van der Waals surface area contributed by atoms with E-state index in [1.165, 1.54) is 0 Å². The van der Waals surface area contributed by atoms with Gasteiger partial charge in [-0.15, -0.1) is 0 Å². The van der Waals surface area contributed by atoms with Gasteiger partial charge in [0.2, 0.25) is 5.91 Å². The van der Waals surface area contributed by atoms with E-state index in [1.54, 1.807) is 24.3 Å². The van der Waals surface area contributed by atoms with E-state index in [-0.39, 0.29) is 5.91 Å². The number of carbonyl (C=O) groups excluding carboxylic acids is 1. The summed E-state index contributed by atoms with van der Waals surface area (Å²) in [6.07, 6.45) is 0.865. The van der Waals surface area contributed by atoms with Gasteiger partial charge in [0.1, 0.15) is 0 Å². The summed E-state index contributed by atoms with van der Waals surface area (Å²) in [6, 6.07) is 10.9. The molecule has 0 fully saturated rings. The molecule has 0 unspecified atom stereocenters. The first-order valence-corrected chi connectivity index (χ1v) is 6.59. The minimum atomic E-state index is -0.0647. The van der Waals surface area contributed by atoms with E-state index < -0.39 is 0 Å². The Balaban J connectivity index is 2.39. The Morgan fingerprint density at radius 1 is 1.25 bits per heavy atom. The summed E-state index contributed by atoms with van der Waals surface area (Å²) < 4.78 is 0. The number of amides is 1. The first-order chi connectivity index (χ1) is 9.69. The number of nitrogens with zero attached hydrogens (tertiary/aromatic N) is 3. The van der Waals surface area contributed by atoms with Gasteiger partial charge in [0, 0.05) is 31.6 Å². The van der Waals surface area contributed by atoms with Crippen LogP contribution in [0.15, 0.2) is 24.3 Å². The lowest BCUT2D eigenvalue weighted by molar-refractivity contribution is -0.116. The third-order valence-electron chi connectivity index (χ3n) is 2.94. The average Bonchev–Trinajstić information content (AvgIpc) is 2.48. The summed E-state index contributed by atoms with van der Waals surface area (Å²) in [5, 5.41) is 20.0. The van der Waals surface area contributed by atoms with Crippen LogP contribution in [-0.2, 0) is 4.79 Å². The second-order valence-electron chi connectivity index (χ2n) is 4.33. The van der Waals surface area contributed by atoms with Gasteiger partial charge in [0.15, 0.2) is 0 Å². The highest BCUT2D eigenvalue weighted by molar-refractivity contribution is 5.90. The maximum absolute atomic E-state index is 11.8. The Morgan fingerprint density at radius 2 is 1.95 bits per heavy atom. The monoisotopic (exact) mass is 270 g/mol. The zero-order valence-electron chi connectivity index (χ0n) is 11.6. The lowest BCUT2D eigenvalue weighted by Gasteiger charge is -2.18. The van der Waals surface area contributed by atoms with Crippen LogP contribution in [0, 0.1) is 22.7 Å². The first-order valence-electron chi connectivity index (χ1n) is 6.59. The topological polar surface area (TPSA) is 79.9 Å². The van der Waals surface area contributed by atoms with Crippen molar-refractivity contribution in [3.8, 4) is 12.1 Å². The van der Waals surface area contributed by atoms with Gasteiger partial charge in [0.25, 0.3) is 0 Å². The summed E-state index contributed by atoms with van der Waals surface area (Å²) in [4.78, 5) is 13.9. The van der Waals surface area contributed by atoms with Crippen LogP contribution in [-0.4, -0.2) is 30.4 Å². The number of benzene rings is 1. The molecule has 5 heteroatoms. The quantitative estimate of drug-likeness (QED) is 0.823. The molecular weight excluding hydrogens is 252 g/mol. The Labute approximate surface area is 119 Å². The van der Waals surface area contributed by atoms with Gasteiger partial charge >= 0.3 is 0 Å². The summed E-state index contributed by atoms with van der Waals surface area (Å²) >= 11 is 0. The van der Waals surface area contributed by atoms with Crippen LogP contribution in [0.1, 0.15) is 25.3 Å². The fraction of sp³-hybridized carbons (Fsp3) is 0.400. The number of nitriles is 2. The first kappa shape index (κ1) is 15.7. The Morgan fingerprint density at radius 3 is 2.50 bits per heavy atom. The van der Waals surface area contributed by atoms with Gasteiger partial charge in [-0.25, -0.2) is 0 Å². The van der Waals surface area contributed by atoms with Crippen LogP contribution in [0.25, 0.3) is 0 Å². The van der Waals surface area contributed by atoms with E-state index in [0.717, 1.165) is 6.54 Å². The Bertz CT molecular complexity index is 510. The normalized spacial score (nSPS) is 9.80. The molecule has 0 atom stereocenters. The van der Waals surface area contributed by atoms with Crippen LogP contribution in [0.4, 0.5) is 5.69 Å². The van der Waals surface area contributed by atoms with Gasteiger partial charge in [0.05, 0.1) is 17.7 Å². The van der Waals surface area contributed by atoms with Crippen molar-refractivity contribution in [3.63, 3.8) is 0 Å². The molecule has 0 aliphatic heterocycles. The highest BCUT2D eigenvalue weighted by atomic mass is 16.1. The van der Waals surface area contributed by atoms with E-state index in [9.17, 15) is 4.79 Å². The van der Waals surface area contributed by atoms with E-state index >= 15 is 0 Å². The van der Waals surface area contributed by atoms with Crippen LogP contribution < -0.4 is 5.32 Å². The van der Waals surface area contributed by atoms with Crippen molar-refractivity contribution in [2.75, 3.05) is 25.0 Å². The Kier molecular flexibility index (Phi) is 6.81. The fourth-order valence-electron chi connectivity index (χ4n) is 1.75. The number of hydrogen-bond donors (Lipinski definition) is 1. The molecule has 1 aromatic carbocycles. The highest BCUT2D eigenvalue weighted by Gasteiger charge is 2.07. The summed E-state index contributed by atoms with van der Waals surface area (Å²) in [7, 11) is 0. The molecule has 5 nitrogen and oxygen atoms in total. The van der Waals surface area contributed by atoms with Crippen molar-refractivity contribution >= 4 is 11.6 Å². The van der Waals surface area contributed by atoms with E-state index in [0.29, 0.717) is 37.2 Å². The van der Waals surface area contributed by atoms with Crippen LogP contribution in [0.2, 0.25) is 0 Å². The van der Waals surface area contributed by atoms with Crippen LogP contribution in [0.5, 0.6) is 0 Å². The molecule has 1 amide bonds. The third kappa shape index (κ3) is 5.51. The van der Waals surface area contributed by atoms with Gasteiger partial charge in [-0.2, -0.15) is 10.5 Å². The number of rotatable bonds is 7. The maximum Gasteiger partial charge on any atom is 0.225 e. The van der Waals surface area contributed by atoms with Crippen molar-refractivity contribution < 1.29 is 4.79 Å². The summed E-state index contributed by atoms with van der Waals surface area (Å²) in [6.45, 7) is 4.17. The van der Waals surface area contributed by atoms with Gasteiger partial charge in [-0.3, -0.25) is 4.79 Å². The maximum atomic E-state index is 11.8. The smallest absolute Gasteiger partial charge is 0.225 e. The second kappa shape index (κ2) is 8.68. The molecule has 1 rings (SSSR count). The predicted molar refractivity (Wildman–Crippen MR) is 76.7 cm³/mol. The fourth-order valence-corrected chi connectivity index (χ4v) is 1.75. The molecule has 0 saturated carbocycles. The third-order valence-corrected chi connectivity index (χ3v) is 2.94. The van der Waals surface area contributed by atoms with E-state index in [4.69, 9.17) is 10.5 Å². The molecule has 0 aromatic heterocycles. The van der Waals surface area contributed by atoms with Crippen LogP contribution >= 0.6 is 0 Å². The van der Waals surface area contributed by atoms with Crippen LogP contribution in [0.3, 0.4) is 0 Å². The minimum absolute atomic E-state index is 0.0647. The molecule has 0 aliphatic rings. The average molecular weight is 270 g/mol. The predicted octanol–water partition coefficient (Wildman–Crippen LogP) is 2.12. The minimum Gasteiger partial charge on any atom is -0.326 e. The van der Waals surface area contributed by atoms with Crippen molar-refractivity contribution in [3.05, 3.63) is 29.8 Å². The second-order valence-corrected chi connectivity index (χ2v) is 4.33. The number of nitrogens with one attached hydrogen (secondary N) is 1. The molecule has 0 saturated heterocycles. The molecule has 0 aliphatic carbocycles. The van der Waals surface area contributed by atoms with Gasteiger partial charge in [-0.05, 0) is 30.8 Å². The molecule has 0 bridgehead atoms. The molecule has 104 valence electrons. The van der Waals surface area contributed by atoms with Crippen molar-refractivity contribution in [1.82, 2.24) is 4.90 Å². The van der Waals surface area contributed by atoms with Gasteiger partial charge in [-0.1, -0.05) is 6.92 Å². The summed E-state index contributed by atoms with van der Waals surface area (Å²) in [5.74, 6) is -0.0647.